The molecule has 6 heterocycles. The van der Waals surface area contributed by atoms with Gasteiger partial charge < -0.3 is 26.0 Å². The summed E-state index contributed by atoms with van der Waals surface area (Å²) >= 11 is 13.4. The van der Waals surface area contributed by atoms with E-state index in [2.05, 4.69) is 19.9 Å². The first-order valence-electron chi connectivity index (χ1n) is 17.1. The molecule has 1 spiro atoms. The highest BCUT2D eigenvalue weighted by Gasteiger charge is 2.57. The van der Waals surface area contributed by atoms with Crippen molar-refractivity contribution in [1.29, 1.82) is 5.26 Å². The van der Waals surface area contributed by atoms with Gasteiger partial charge in [-0.05, 0) is 68.4 Å². The van der Waals surface area contributed by atoms with Crippen LogP contribution in [-0.2, 0) is 0 Å². The van der Waals surface area contributed by atoms with E-state index in [-0.39, 0.29) is 71.7 Å². The molecule has 4 aromatic rings. The molecule has 4 fully saturated rings. The summed E-state index contributed by atoms with van der Waals surface area (Å²) in [5.41, 5.74) is 10.3. The highest BCUT2D eigenvalue weighted by Crippen LogP contribution is 2.49. The lowest BCUT2D eigenvalue weighted by Gasteiger charge is -2.52. The smallest absolute Gasteiger partial charge is 0.345 e. The zero-order valence-corrected chi connectivity index (χ0v) is 30.7. The molecule has 0 bridgehead atoms. The van der Waals surface area contributed by atoms with E-state index >= 15 is 4.39 Å². The van der Waals surface area contributed by atoms with Crippen LogP contribution in [0.25, 0.3) is 32.1 Å². The first-order valence-corrected chi connectivity index (χ1v) is 18.7. The molecule has 53 heavy (non-hydrogen) atoms. The van der Waals surface area contributed by atoms with Crippen molar-refractivity contribution >= 4 is 84.0 Å². The second kappa shape index (κ2) is 13.2. The van der Waals surface area contributed by atoms with Crippen LogP contribution in [0.4, 0.5) is 28.8 Å². The van der Waals surface area contributed by atoms with Crippen LogP contribution in [0.2, 0.25) is 5.02 Å². The summed E-state index contributed by atoms with van der Waals surface area (Å²) in [6.07, 6.45) is 3.24. The number of fused-ring (bicyclic) bond motifs is 3. The third kappa shape index (κ3) is 5.62. The van der Waals surface area contributed by atoms with Crippen molar-refractivity contribution in [2.75, 3.05) is 43.4 Å². The number of nitriles is 1. The molecule has 0 saturated carbocycles. The van der Waals surface area contributed by atoms with Crippen molar-refractivity contribution in [3.05, 3.63) is 40.4 Å². The molecule has 4 aliphatic heterocycles. The Kier molecular flexibility index (Phi) is 8.83. The second-order valence-corrected chi connectivity index (χ2v) is 15.8. The van der Waals surface area contributed by atoms with Gasteiger partial charge >= 0.3 is 12.0 Å². The van der Waals surface area contributed by atoms with E-state index in [0.717, 1.165) is 37.1 Å². The van der Waals surface area contributed by atoms with E-state index < -0.39 is 34.9 Å². The summed E-state index contributed by atoms with van der Waals surface area (Å²) in [4.78, 5) is 35.8. The van der Waals surface area contributed by atoms with Crippen molar-refractivity contribution in [3.8, 4) is 23.2 Å². The van der Waals surface area contributed by atoms with Crippen molar-refractivity contribution in [1.82, 2.24) is 19.8 Å². The zero-order chi connectivity index (χ0) is 37.4. The van der Waals surface area contributed by atoms with Crippen molar-refractivity contribution < 1.29 is 22.7 Å². The van der Waals surface area contributed by atoms with Crippen LogP contribution in [0.15, 0.2) is 28.2 Å². The molecule has 4 atom stereocenters. The van der Waals surface area contributed by atoms with Gasteiger partial charge in [-0.2, -0.15) is 20.2 Å². The molecule has 2 amide bonds. The van der Waals surface area contributed by atoms with Crippen LogP contribution < -0.4 is 21.1 Å². The number of rotatable bonds is 6. The molecule has 18 heteroatoms. The molecular weight excluding hydrogens is 752 g/mol. The minimum atomic E-state index is -0.982. The molecule has 0 unspecified atom stereocenters. The summed E-state index contributed by atoms with van der Waals surface area (Å²) < 4.78 is 53.2. The molecule has 4 aliphatic rings. The fraction of sp³-hybridized carbons (Fsp3) is 0.429. The Bertz CT molecular complexity index is 2300. The summed E-state index contributed by atoms with van der Waals surface area (Å²) in [7, 11) is 0. The molecule has 2 aromatic heterocycles. The van der Waals surface area contributed by atoms with Gasteiger partial charge in [0.25, 0.3) is 0 Å². The van der Waals surface area contributed by atoms with Gasteiger partial charge in [-0.15, -0.1) is 11.3 Å². The minimum absolute atomic E-state index is 0.0172. The van der Waals surface area contributed by atoms with E-state index in [4.69, 9.17) is 44.4 Å². The number of ether oxygens (including phenoxy) is 1. The summed E-state index contributed by atoms with van der Waals surface area (Å²) in [6.45, 7) is 4.05. The number of nitrogen functional groups attached to an aromatic ring is 1. The van der Waals surface area contributed by atoms with E-state index in [1.165, 1.54) is 12.1 Å². The Hall–Kier alpha value is -4.43. The Labute approximate surface area is 315 Å². The zero-order valence-electron chi connectivity index (χ0n) is 28.4. The molecule has 0 radical (unpaired) electrons. The quantitative estimate of drug-likeness (QED) is 0.125. The number of likely N-dealkylation sites (tertiary alicyclic amines) is 1. The Balaban J connectivity index is 1.25. The van der Waals surface area contributed by atoms with Gasteiger partial charge in [-0.1, -0.05) is 17.7 Å². The first-order chi connectivity index (χ1) is 25.4. The predicted octanol–water partition coefficient (Wildman–Crippen LogP) is 6.60. The number of urea groups is 1. The van der Waals surface area contributed by atoms with Gasteiger partial charge in [0.05, 0.1) is 32.4 Å². The van der Waals surface area contributed by atoms with Crippen LogP contribution in [0.1, 0.15) is 44.6 Å². The Morgan fingerprint density at radius 1 is 1.25 bits per heavy atom. The van der Waals surface area contributed by atoms with E-state index in [0.29, 0.717) is 44.7 Å². The van der Waals surface area contributed by atoms with Gasteiger partial charge in [0, 0.05) is 42.4 Å². The molecule has 12 nitrogen and oxygen atoms in total. The maximum absolute atomic E-state index is 17.2. The average Bonchev–Trinajstić information content (AvgIpc) is 3.84. The third-order valence-electron chi connectivity index (χ3n) is 11.5. The Morgan fingerprint density at radius 2 is 2.04 bits per heavy atom. The van der Waals surface area contributed by atoms with E-state index in [9.17, 15) is 18.8 Å². The molecule has 4 N–H and O–H groups in total. The monoisotopic (exact) mass is 784 g/mol. The first kappa shape index (κ1) is 35.6. The largest absolute Gasteiger partial charge is 0.461 e. The van der Waals surface area contributed by atoms with Gasteiger partial charge in [0.15, 0.2) is 11.1 Å². The standard InChI is InChI=1S/C35H33Cl2F3N10O2S/c1-17-35(7-10-50(35)33(51)45-16-44-31(37)43)6-9-49(17)30-20-11-22(36)25(19-3-4-23(39)28-24(19)21(13-41)29(42)53-28)26(40)27(20)46-32(47-30)52-15-34-5-2-8-48(34)14-18(38)12-34/h3-4,11,16-18H,2,5-10,12,14-15,42H2,1H3,(H2,43,44,45,51)/t17-,18-,34+,35+/m1/s1. The average molecular weight is 786 g/mol. The summed E-state index contributed by atoms with van der Waals surface area (Å²) in [6, 6.07) is 5.18. The number of carbonyl (C=O) groups excluding carboxylic acids is 1. The van der Waals surface area contributed by atoms with E-state index in [1.807, 2.05) is 17.9 Å². The topological polar surface area (TPSA) is 162 Å². The van der Waals surface area contributed by atoms with Crippen molar-refractivity contribution in [3.63, 3.8) is 0 Å². The maximum Gasteiger partial charge on any atom is 0.345 e. The van der Waals surface area contributed by atoms with E-state index in [1.54, 1.807) is 11.0 Å². The third-order valence-corrected chi connectivity index (χ3v) is 12.9. The van der Waals surface area contributed by atoms with Crippen LogP contribution in [0.5, 0.6) is 6.01 Å². The van der Waals surface area contributed by atoms with Crippen LogP contribution in [0.3, 0.4) is 0 Å². The minimum Gasteiger partial charge on any atom is -0.461 e. The maximum atomic E-state index is 17.2. The van der Waals surface area contributed by atoms with Gasteiger partial charge in [-0.3, -0.25) is 4.90 Å². The van der Waals surface area contributed by atoms with Crippen LogP contribution >= 0.6 is 34.5 Å². The van der Waals surface area contributed by atoms with Gasteiger partial charge in [0.1, 0.15) is 47.3 Å². The number of anilines is 2. The van der Waals surface area contributed by atoms with Gasteiger partial charge in [0.2, 0.25) is 0 Å². The fourth-order valence-electron chi connectivity index (χ4n) is 8.84. The molecular formula is C35H33Cl2F3N10O2S. The molecule has 2 aromatic carbocycles. The SMILES string of the molecule is C[C@H]1N(c2nc(OC[C@@]34CCCN3C[C@H](F)C4)nc3c(F)c(-c4ccc(F)c5sc(N)c(C#N)c45)c(Cl)cc23)CC[C@]12CCN2C(=O)/N=C/N=C(N)Cl. The lowest BCUT2D eigenvalue weighted by Crippen LogP contribution is -2.66. The molecule has 0 aliphatic carbocycles. The normalized spacial score (nSPS) is 25.9. The molecule has 8 rings (SSSR count). The van der Waals surface area contributed by atoms with Crippen LogP contribution in [0, 0.1) is 23.0 Å². The number of carbonyl (C=O) groups is 1. The highest BCUT2D eigenvalue weighted by atomic mass is 35.5. The number of amides is 2. The number of aromatic nitrogens is 2. The number of hydrogen-bond donors (Lipinski definition) is 2. The molecule has 4 saturated heterocycles. The number of alkyl halides is 1. The number of benzene rings is 2. The number of amidine groups is 1. The lowest BCUT2D eigenvalue weighted by molar-refractivity contribution is 0.0251. The summed E-state index contributed by atoms with van der Waals surface area (Å²) in [5, 5.41) is 10.2. The molecule has 276 valence electrons. The fourth-order valence-corrected chi connectivity index (χ4v) is 10.1. The number of nitrogens with two attached hydrogens (primary N) is 2. The van der Waals surface area contributed by atoms with Gasteiger partial charge in [-0.25, -0.2) is 23.0 Å². The predicted molar refractivity (Wildman–Crippen MR) is 200 cm³/mol. The number of hydrogen-bond acceptors (Lipinski definition) is 9. The lowest BCUT2D eigenvalue weighted by atomic mass is 9.79. The Morgan fingerprint density at radius 3 is 2.77 bits per heavy atom. The number of halogens is 5. The number of aliphatic imine (C=N–C) groups is 2. The van der Waals surface area contributed by atoms with Crippen molar-refractivity contribution in [2.45, 2.75) is 62.3 Å². The highest BCUT2D eigenvalue weighted by molar-refractivity contribution is 7.23. The summed E-state index contributed by atoms with van der Waals surface area (Å²) in [5.74, 6) is -1.10. The number of thiophene rings is 1. The van der Waals surface area contributed by atoms with Crippen molar-refractivity contribution in [2.24, 2.45) is 15.7 Å². The number of nitrogens with zero attached hydrogens (tertiary/aromatic N) is 8. The second-order valence-electron chi connectivity index (χ2n) is 14.0. The van der Waals surface area contributed by atoms with Crippen LogP contribution in [-0.4, -0.2) is 93.5 Å².